The maximum Gasteiger partial charge on any atom is 0.253 e. The minimum atomic E-state index is -3.56. The predicted molar refractivity (Wildman–Crippen MR) is 121 cm³/mol. The molecule has 2 amide bonds. The summed E-state index contributed by atoms with van der Waals surface area (Å²) in [6.07, 6.45) is 1.58. The number of hydrogen-bond donors (Lipinski definition) is 2. The van der Waals surface area contributed by atoms with Gasteiger partial charge in [0.1, 0.15) is 5.82 Å². The minimum Gasteiger partial charge on any atom is -0.352 e. The van der Waals surface area contributed by atoms with E-state index in [2.05, 4.69) is 10.6 Å². The van der Waals surface area contributed by atoms with Crippen molar-refractivity contribution in [3.63, 3.8) is 0 Å². The van der Waals surface area contributed by atoms with Gasteiger partial charge in [-0.05, 0) is 49.1 Å². The fraction of sp³-hybridized carbons (Fsp3) is 0.391. The maximum atomic E-state index is 13.1. The third kappa shape index (κ3) is 6.14. The summed E-state index contributed by atoms with van der Waals surface area (Å²) in [4.78, 5) is 25.1. The normalized spacial score (nSPS) is 15.3. The lowest BCUT2D eigenvalue weighted by atomic mass is 9.97. The highest BCUT2D eigenvalue weighted by Gasteiger charge is 2.31. The molecule has 3 rings (SSSR count). The fourth-order valence-corrected chi connectivity index (χ4v) is 5.20. The number of hydrogen-bond acceptors (Lipinski definition) is 4. The van der Waals surface area contributed by atoms with Gasteiger partial charge in [-0.3, -0.25) is 9.59 Å². The summed E-state index contributed by atoms with van der Waals surface area (Å²) in [5.74, 6) is -1.44. The van der Waals surface area contributed by atoms with Crippen molar-refractivity contribution in [3.05, 3.63) is 65.5 Å². The van der Waals surface area contributed by atoms with Gasteiger partial charge < -0.3 is 10.6 Å². The Morgan fingerprint density at radius 3 is 2.38 bits per heavy atom. The van der Waals surface area contributed by atoms with Gasteiger partial charge in [0, 0.05) is 25.6 Å². The van der Waals surface area contributed by atoms with Gasteiger partial charge in [0.25, 0.3) is 5.91 Å². The molecule has 2 N–H and O–H groups in total. The predicted octanol–water partition coefficient (Wildman–Crippen LogP) is 3.15. The molecule has 0 bridgehead atoms. The lowest BCUT2D eigenvalue weighted by Gasteiger charge is -2.30. The van der Waals surface area contributed by atoms with E-state index < -0.39 is 15.8 Å². The Hall–Kier alpha value is -2.78. The molecule has 0 spiro atoms. The first-order valence-electron chi connectivity index (χ1n) is 10.7. The van der Waals surface area contributed by atoms with E-state index in [1.54, 1.807) is 24.3 Å². The van der Waals surface area contributed by atoms with Crippen molar-refractivity contribution in [2.75, 3.05) is 25.0 Å². The SMILES string of the molecule is CCCNC(=O)c1ccccc1NC(=O)C1CCN(S(=O)(=O)Cc2ccc(F)cc2)CC1. The summed E-state index contributed by atoms with van der Waals surface area (Å²) in [5, 5.41) is 5.64. The van der Waals surface area contributed by atoms with Crippen molar-refractivity contribution in [2.45, 2.75) is 31.9 Å². The van der Waals surface area contributed by atoms with Gasteiger partial charge in [0.2, 0.25) is 15.9 Å². The van der Waals surface area contributed by atoms with Crippen LogP contribution in [0.25, 0.3) is 0 Å². The van der Waals surface area contributed by atoms with Gasteiger partial charge in [-0.2, -0.15) is 0 Å². The number of nitrogens with zero attached hydrogens (tertiary/aromatic N) is 1. The summed E-state index contributed by atoms with van der Waals surface area (Å²) >= 11 is 0. The van der Waals surface area contributed by atoms with Crippen LogP contribution in [-0.4, -0.2) is 44.2 Å². The highest BCUT2D eigenvalue weighted by molar-refractivity contribution is 7.88. The second kappa shape index (κ2) is 10.7. The molecule has 1 aliphatic rings. The first-order valence-corrected chi connectivity index (χ1v) is 12.3. The third-order valence-electron chi connectivity index (χ3n) is 5.45. The fourth-order valence-electron chi connectivity index (χ4n) is 3.64. The molecule has 0 saturated carbocycles. The molecule has 2 aromatic carbocycles. The van der Waals surface area contributed by atoms with Crippen LogP contribution in [0.3, 0.4) is 0 Å². The van der Waals surface area contributed by atoms with E-state index in [1.165, 1.54) is 28.6 Å². The van der Waals surface area contributed by atoms with Gasteiger partial charge in [0.15, 0.2) is 0 Å². The van der Waals surface area contributed by atoms with Crippen molar-refractivity contribution in [2.24, 2.45) is 5.92 Å². The summed E-state index contributed by atoms with van der Waals surface area (Å²) in [6, 6.07) is 12.2. The van der Waals surface area contributed by atoms with Gasteiger partial charge in [0.05, 0.1) is 17.0 Å². The molecule has 9 heteroatoms. The number of carbonyl (C=O) groups is 2. The average molecular weight is 462 g/mol. The average Bonchev–Trinajstić information content (AvgIpc) is 2.79. The topological polar surface area (TPSA) is 95.6 Å². The monoisotopic (exact) mass is 461 g/mol. The molecule has 0 unspecified atom stereocenters. The Balaban J connectivity index is 1.58. The second-order valence-electron chi connectivity index (χ2n) is 7.85. The van der Waals surface area contributed by atoms with Crippen LogP contribution in [0.1, 0.15) is 42.1 Å². The first kappa shape index (κ1) is 23.9. The number of rotatable bonds is 8. The zero-order valence-corrected chi connectivity index (χ0v) is 18.8. The molecular formula is C23H28FN3O4S. The molecule has 1 saturated heterocycles. The zero-order valence-electron chi connectivity index (χ0n) is 18.0. The van der Waals surface area contributed by atoms with Crippen molar-refractivity contribution in [1.82, 2.24) is 9.62 Å². The van der Waals surface area contributed by atoms with E-state index in [1.807, 2.05) is 6.92 Å². The lowest BCUT2D eigenvalue weighted by Crippen LogP contribution is -2.42. The zero-order chi connectivity index (χ0) is 23.1. The largest absolute Gasteiger partial charge is 0.352 e. The van der Waals surface area contributed by atoms with Crippen LogP contribution in [0.4, 0.5) is 10.1 Å². The van der Waals surface area contributed by atoms with E-state index in [0.29, 0.717) is 36.2 Å². The van der Waals surface area contributed by atoms with Crippen molar-refractivity contribution < 1.29 is 22.4 Å². The Labute approximate surface area is 188 Å². The molecule has 1 aliphatic heterocycles. The van der Waals surface area contributed by atoms with E-state index in [4.69, 9.17) is 0 Å². The summed E-state index contributed by atoms with van der Waals surface area (Å²) < 4.78 is 39.8. The standard InChI is InChI=1S/C23H28FN3O4S/c1-2-13-25-23(29)20-5-3-4-6-21(20)26-22(28)18-11-14-27(15-12-18)32(30,31)16-17-7-9-19(24)10-8-17/h3-10,18H,2,11-16H2,1H3,(H,25,29)(H,26,28). The number of sulfonamides is 1. The van der Waals surface area contributed by atoms with Crippen molar-refractivity contribution in [1.29, 1.82) is 0 Å². The lowest BCUT2D eigenvalue weighted by molar-refractivity contribution is -0.120. The number of amides is 2. The first-order chi connectivity index (χ1) is 15.3. The molecule has 32 heavy (non-hydrogen) atoms. The van der Waals surface area contributed by atoms with Crippen LogP contribution < -0.4 is 10.6 Å². The molecule has 0 aliphatic carbocycles. The number of para-hydroxylation sites is 1. The minimum absolute atomic E-state index is 0.204. The second-order valence-corrected chi connectivity index (χ2v) is 9.82. The van der Waals surface area contributed by atoms with Crippen LogP contribution in [0, 0.1) is 11.7 Å². The number of carbonyl (C=O) groups excluding carboxylic acids is 2. The van der Waals surface area contributed by atoms with Gasteiger partial charge in [-0.25, -0.2) is 17.1 Å². The van der Waals surface area contributed by atoms with Gasteiger partial charge in [-0.1, -0.05) is 31.2 Å². The van der Waals surface area contributed by atoms with E-state index >= 15 is 0 Å². The maximum absolute atomic E-state index is 13.1. The van der Waals surface area contributed by atoms with Crippen molar-refractivity contribution in [3.8, 4) is 0 Å². The molecule has 1 fully saturated rings. The third-order valence-corrected chi connectivity index (χ3v) is 7.30. The summed E-state index contributed by atoms with van der Waals surface area (Å²) in [6.45, 7) is 2.98. The van der Waals surface area contributed by atoms with Crippen LogP contribution in [0.15, 0.2) is 48.5 Å². The molecular weight excluding hydrogens is 433 g/mol. The molecule has 7 nitrogen and oxygen atoms in total. The quantitative estimate of drug-likeness (QED) is 0.631. The highest BCUT2D eigenvalue weighted by Crippen LogP contribution is 2.24. The Morgan fingerprint density at radius 2 is 1.72 bits per heavy atom. The summed E-state index contributed by atoms with van der Waals surface area (Å²) in [7, 11) is -3.56. The number of piperidine rings is 1. The molecule has 0 aromatic heterocycles. The highest BCUT2D eigenvalue weighted by atomic mass is 32.2. The van der Waals surface area contributed by atoms with Crippen molar-refractivity contribution >= 4 is 27.5 Å². The van der Waals surface area contributed by atoms with Crippen LogP contribution in [0.5, 0.6) is 0 Å². The van der Waals surface area contributed by atoms with E-state index in [9.17, 15) is 22.4 Å². The number of nitrogens with one attached hydrogen (secondary N) is 2. The summed E-state index contributed by atoms with van der Waals surface area (Å²) in [5.41, 5.74) is 1.36. The van der Waals surface area contributed by atoms with E-state index in [0.717, 1.165) is 6.42 Å². The number of anilines is 1. The molecule has 172 valence electrons. The van der Waals surface area contributed by atoms with Crippen LogP contribution in [-0.2, 0) is 20.6 Å². The van der Waals surface area contributed by atoms with Gasteiger partial charge >= 0.3 is 0 Å². The number of benzene rings is 2. The molecule has 1 heterocycles. The van der Waals surface area contributed by atoms with Crippen LogP contribution >= 0.6 is 0 Å². The molecule has 0 atom stereocenters. The van der Waals surface area contributed by atoms with E-state index in [-0.39, 0.29) is 36.6 Å². The van der Waals surface area contributed by atoms with Crippen LogP contribution in [0.2, 0.25) is 0 Å². The molecule has 0 radical (unpaired) electrons. The van der Waals surface area contributed by atoms with Gasteiger partial charge in [-0.15, -0.1) is 0 Å². The Bertz CT molecular complexity index is 1050. The molecule has 2 aromatic rings. The smallest absolute Gasteiger partial charge is 0.253 e. The Kier molecular flexibility index (Phi) is 7.98. The number of halogens is 1. The Morgan fingerprint density at radius 1 is 1.06 bits per heavy atom.